The summed E-state index contributed by atoms with van der Waals surface area (Å²) in [5.41, 5.74) is 3.68. The van der Waals surface area contributed by atoms with Gasteiger partial charge in [-0.15, -0.1) is 0 Å². The number of carbonyl (C=O) groups is 1. The summed E-state index contributed by atoms with van der Waals surface area (Å²) in [6, 6.07) is 0. The quantitative estimate of drug-likeness (QED) is 0.380. The van der Waals surface area contributed by atoms with Crippen molar-refractivity contribution in [2.75, 3.05) is 0 Å². The number of fused-ring (bicyclic) bond motifs is 2. The van der Waals surface area contributed by atoms with Gasteiger partial charge in [0.25, 0.3) is 0 Å². The summed E-state index contributed by atoms with van der Waals surface area (Å²) in [6.07, 6.45) is 17.1. The van der Waals surface area contributed by atoms with Gasteiger partial charge in [0.05, 0.1) is 0 Å². The van der Waals surface area contributed by atoms with Gasteiger partial charge in [-0.05, 0) is 122 Å². The van der Waals surface area contributed by atoms with Crippen LogP contribution < -0.4 is 0 Å². The van der Waals surface area contributed by atoms with Crippen LogP contribution in [-0.4, -0.2) is 5.78 Å². The molecule has 1 nitrogen and oxygen atoms in total. The van der Waals surface area contributed by atoms with Crippen molar-refractivity contribution in [3.8, 4) is 0 Å². The van der Waals surface area contributed by atoms with Crippen molar-refractivity contribution in [2.45, 2.75) is 126 Å². The molecular weight excluding hydrogens is 400 g/mol. The van der Waals surface area contributed by atoms with Crippen LogP contribution in [0.3, 0.4) is 0 Å². The predicted octanol–water partition coefficient (Wildman–Crippen LogP) is 9.01. The van der Waals surface area contributed by atoms with Gasteiger partial charge in [-0.1, -0.05) is 60.1 Å². The smallest absolute Gasteiger partial charge is 0.138 e. The van der Waals surface area contributed by atoms with Crippen LogP contribution >= 0.6 is 0 Å². The zero-order valence-electron chi connectivity index (χ0n) is 23.2. The van der Waals surface area contributed by atoms with Crippen LogP contribution in [0.15, 0.2) is 11.6 Å². The first-order valence-electron chi connectivity index (χ1n) is 14.6. The van der Waals surface area contributed by atoms with Crippen molar-refractivity contribution in [3.63, 3.8) is 0 Å². The summed E-state index contributed by atoms with van der Waals surface area (Å²) in [7, 11) is 0. The molecule has 0 unspecified atom stereocenters. The Morgan fingerprint density at radius 3 is 2.24 bits per heavy atom. The lowest BCUT2D eigenvalue weighted by molar-refractivity contribution is -0.157. The van der Waals surface area contributed by atoms with Crippen molar-refractivity contribution >= 4 is 5.78 Å². The molecule has 5 aliphatic carbocycles. The van der Waals surface area contributed by atoms with E-state index in [1.165, 1.54) is 64.2 Å². The maximum atomic E-state index is 12.9. The molecule has 8 atom stereocenters. The Kier molecular flexibility index (Phi) is 5.45. The molecular formula is C32H52O. The topological polar surface area (TPSA) is 17.1 Å². The molecule has 33 heavy (non-hydrogen) atoms. The summed E-state index contributed by atoms with van der Waals surface area (Å²) in [4.78, 5) is 12.9. The molecule has 0 bridgehead atoms. The second kappa shape index (κ2) is 7.46. The normalized spacial score (nSPS) is 49.2. The van der Waals surface area contributed by atoms with Crippen LogP contribution in [0.2, 0.25) is 0 Å². The first kappa shape index (κ1) is 24.1. The molecule has 5 fully saturated rings. The molecule has 2 spiro atoms. The highest BCUT2D eigenvalue weighted by atomic mass is 16.1. The second-order valence-corrected chi connectivity index (χ2v) is 14.8. The van der Waals surface area contributed by atoms with Crippen molar-refractivity contribution in [3.05, 3.63) is 11.6 Å². The van der Waals surface area contributed by atoms with Crippen LogP contribution in [0.25, 0.3) is 0 Å². The van der Waals surface area contributed by atoms with Crippen LogP contribution in [-0.2, 0) is 4.79 Å². The number of hydrogen-bond acceptors (Lipinski definition) is 1. The fourth-order valence-corrected chi connectivity index (χ4v) is 11.5. The molecule has 1 heteroatoms. The fourth-order valence-electron chi connectivity index (χ4n) is 11.5. The van der Waals surface area contributed by atoms with Crippen LogP contribution in [0, 0.1) is 56.7 Å². The van der Waals surface area contributed by atoms with Crippen molar-refractivity contribution in [2.24, 2.45) is 56.7 Å². The van der Waals surface area contributed by atoms with E-state index in [2.05, 4.69) is 61.5 Å². The van der Waals surface area contributed by atoms with Gasteiger partial charge in [-0.25, -0.2) is 0 Å². The van der Waals surface area contributed by atoms with Gasteiger partial charge in [0, 0.05) is 11.8 Å². The van der Waals surface area contributed by atoms with E-state index in [9.17, 15) is 4.79 Å². The SMILES string of the molecule is C/C=C(\CC[C@@H](C)[C@H]1CC[C@@]2(C)[C@@H]3CC[C@H]4C(C)(C)C(=O)CC[C@@]45C[C@@]35CC[C@]12C)C(C)C. The highest BCUT2D eigenvalue weighted by Gasteiger charge is 2.82. The maximum absolute atomic E-state index is 12.9. The molecule has 0 aromatic heterocycles. The third-order valence-corrected chi connectivity index (χ3v) is 13.6. The number of Topliss-reactive ketones (excluding diaryl/α,β-unsaturated/α-hetero) is 1. The van der Waals surface area contributed by atoms with Gasteiger partial charge in [0.15, 0.2) is 0 Å². The molecule has 0 aromatic rings. The van der Waals surface area contributed by atoms with Crippen LogP contribution in [0.5, 0.6) is 0 Å². The summed E-state index contributed by atoms with van der Waals surface area (Å²) >= 11 is 0. The molecule has 0 amide bonds. The van der Waals surface area contributed by atoms with Gasteiger partial charge in [0.1, 0.15) is 5.78 Å². The Hall–Kier alpha value is -0.590. The van der Waals surface area contributed by atoms with E-state index < -0.39 is 0 Å². The summed E-state index contributed by atoms with van der Waals surface area (Å²) < 4.78 is 0. The Morgan fingerprint density at radius 1 is 0.909 bits per heavy atom. The van der Waals surface area contributed by atoms with Crippen molar-refractivity contribution in [1.82, 2.24) is 0 Å². The van der Waals surface area contributed by atoms with E-state index in [0.717, 1.165) is 24.2 Å². The number of rotatable bonds is 5. The number of carbonyl (C=O) groups excluding carboxylic acids is 1. The largest absolute Gasteiger partial charge is 0.299 e. The number of hydrogen-bond donors (Lipinski definition) is 0. The van der Waals surface area contributed by atoms with E-state index in [1.807, 2.05) is 0 Å². The molecule has 5 rings (SSSR count). The monoisotopic (exact) mass is 452 g/mol. The Morgan fingerprint density at radius 2 is 1.58 bits per heavy atom. The Bertz CT molecular complexity index is 849. The average molecular weight is 453 g/mol. The standard InChI is InChI=1S/C32H52O/c1-9-23(21(2)3)11-10-22(4)24-14-16-30(8)26-13-12-25-28(5,6)27(33)15-17-31(25)20-32(26,31)19-18-29(24,30)7/h9,21-22,24-26H,10-20H2,1-8H3/b23-9+/t22-,24-,25+,26+,29-,30+,31-,32+/m1/s1. The van der Waals surface area contributed by atoms with Crippen LogP contribution in [0.4, 0.5) is 0 Å². The molecule has 0 saturated heterocycles. The van der Waals surface area contributed by atoms with E-state index >= 15 is 0 Å². The average Bonchev–Trinajstić information content (AvgIpc) is 3.34. The molecule has 5 saturated carbocycles. The molecule has 0 N–H and O–H groups in total. The minimum Gasteiger partial charge on any atom is -0.299 e. The van der Waals surface area contributed by atoms with Gasteiger partial charge in [-0.2, -0.15) is 0 Å². The number of ketones is 1. The second-order valence-electron chi connectivity index (χ2n) is 14.8. The van der Waals surface area contributed by atoms with Crippen molar-refractivity contribution < 1.29 is 4.79 Å². The van der Waals surface area contributed by atoms with Crippen molar-refractivity contribution in [1.29, 1.82) is 0 Å². The van der Waals surface area contributed by atoms with Gasteiger partial charge in [-0.3, -0.25) is 4.79 Å². The fraction of sp³-hybridized carbons (Fsp3) is 0.906. The first-order valence-corrected chi connectivity index (χ1v) is 14.6. The van der Waals surface area contributed by atoms with E-state index in [-0.39, 0.29) is 5.41 Å². The zero-order valence-corrected chi connectivity index (χ0v) is 23.2. The predicted molar refractivity (Wildman–Crippen MR) is 139 cm³/mol. The third kappa shape index (κ3) is 2.92. The number of allylic oxidation sites excluding steroid dienone is 2. The molecule has 0 heterocycles. The highest BCUT2D eigenvalue weighted by molar-refractivity contribution is 5.86. The maximum Gasteiger partial charge on any atom is 0.138 e. The summed E-state index contributed by atoms with van der Waals surface area (Å²) in [5.74, 6) is 4.53. The Labute approximate surface area is 204 Å². The van der Waals surface area contributed by atoms with E-state index in [4.69, 9.17) is 0 Å². The molecule has 186 valence electrons. The van der Waals surface area contributed by atoms with Crippen LogP contribution in [0.1, 0.15) is 126 Å². The molecule has 0 aliphatic heterocycles. The molecule has 0 aromatic carbocycles. The molecule has 0 radical (unpaired) electrons. The van der Waals surface area contributed by atoms with E-state index in [0.29, 0.717) is 39.3 Å². The lowest BCUT2D eigenvalue weighted by Crippen LogP contribution is -2.57. The zero-order chi connectivity index (χ0) is 24.0. The minimum absolute atomic E-state index is 0.0813. The lowest BCUT2D eigenvalue weighted by Gasteiger charge is -2.62. The third-order valence-electron chi connectivity index (χ3n) is 13.6. The minimum atomic E-state index is -0.0813. The Balaban J connectivity index is 1.38. The lowest BCUT2D eigenvalue weighted by atomic mass is 9.42. The summed E-state index contributed by atoms with van der Waals surface area (Å²) in [6.45, 7) is 19.6. The van der Waals surface area contributed by atoms with E-state index in [1.54, 1.807) is 5.57 Å². The first-order chi connectivity index (χ1) is 15.4. The van der Waals surface area contributed by atoms with Gasteiger partial charge in [0.2, 0.25) is 0 Å². The highest BCUT2D eigenvalue weighted by Crippen LogP contribution is 2.88. The van der Waals surface area contributed by atoms with Gasteiger partial charge < -0.3 is 0 Å². The van der Waals surface area contributed by atoms with Gasteiger partial charge >= 0.3 is 0 Å². The summed E-state index contributed by atoms with van der Waals surface area (Å²) in [5, 5.41) is 0. The molecule has 5 aliphatic rings.